The number of rotatable bonds is 3. The maximum atomic E-state index is 11.4. The Morgan fingerprint density at radius 2 is 2.29 bits per heavy atom. The SMILES string of the molecule is CCOC(=O)C(O)c1c[nH]c2c(O)cccc12. The maximum absolute atomic E-state index is 11.4. The molecule has 2 aromatic rings. The number of nitrogens with one attached hydrogen (secondary N) is 1. The van der Waals surface area contributed by atoms with Gasteiger partial charge >= 0.3 is 5.97 Å². The monoisotopic (exact) mass is 235 g/mol. The highest BCUT2D eigenvalue weighted by atomic mass is 16.5. The van der Waals surface area contributed by atoms with E-state index in [0.717, 1.165) is 0 Å². The third-order valence-electron chi connectivity index (χ3n) is 2.53. The lowest BCUT2D eigenvalue weighted by Crippen LogP contribution is -2.14. The molecule has 1 aromatic heterocycles. The number of hydrogen-bond acceptors (Lipinski definition) is 4. The van der Waals surface area contributed by atoms with Crippen molar-refractivity contribution in [3.05, 3.63) is 30.0 Å². The minimum Gasteiger partial charge on any atom is -0.506 e. The van der Waals surface area contributed by atoms with E-state index in [-0.39, 0.29) is 12.4 Å². The summed E-state index contributed by atoms with van der Waals surface area (Å²) in [5.41, 5.74) is 0.889. The molecular weight excluding hydrogens is 222 g/mol. The maximum Gasteiger partial charge on any atom is 0.339 e. The fourth-order valence-corrected chi connectivity index (χ4v) is 1.73. The molecule has 0 saturated carbocycles. The average molecular weight is 235 g/mol. The Bertz CT molecular complexity index is 546. The van der Waals surface area contributed by atoms with Crippen molar-refractivity contribution in [1.82, 2.24) is 4.98 Å². The quantitative estimate of drug-likeness (QED) is 0.703. The molecular formula is C12H13NO4. The number of aromatic nitrogens is 1. The van der Waals surface area contributed by atoms with Crippen LogP contribution in [-0.4, -0.2) is 27.8 Å². The number of aliphatic hydroxyl groups is 1. The largest absolute Gasteiger partial charge is 0.506 e. The van der Waals surface area contributed by atoms with Crippen molar-refractivity contribution in [1.29, 1.82) is 0 Å². The summed E-state index contributed by atoms with van der Waals surface area (Å²) in [4.78, 5) is 14.2. The van der Waals surface area contributed by atoms with Crippen LogP contribution in [0.25, 0.3) is 10.9 Å². The van der Waals surface area contributed by atoms with Crippen LogP contribution < -0.4 is 0 Å². The highest BCUT2D eigenvalue weighted by Gasteiger charge is 2.22. The summed E-state index contributed by atoms with van der Waals surface area (Å²) in [7, 11) is 0. The molecule has 5 heteroatoms. The Kier molecular flexibility index (Phi) is 3.01. The van der Waals surface area contributed by atoms with E-state index >= 15 is 0 Å². The van der Waals surface area contributed by atoms with Crippen LogP contribution in [0.1, 0.15) is 18.6 Å². The Labute approximate surface area is 97.6 Å². The summed E-state index contributed by atoms with van der Waals surface area (Å²) in [6.45, 7) is 1.88. The van der Waals surface area contributed by atoms with E-state index in [1.165, 1.54) is 12.3 Å². The van der Waals surface area contributed by atoms with Gasteiger partial charge in [-0.25, -0.2) is 4.79 Å². The standard InChI is InChI=1S/C12H13NO4/c1-2-17-12(16)11(15)8-6-13-10-7(8)4-3-5-9(10)14/h3-6,11,13-15H,2H2,1H3. The van der Waals surface area contributed by atoms with Crippen molar-refractivity contribution in [2.45, 2.75) is 13.0 Å². The third kappa shape index (κ3) is 1.97. The van der Waals surface area contributed by atoms with Gasteiger partial charge in [0.05, 0.1) is 12.1 Å². The topological polar surface area (TPSA) is 82.5 Å². The molecule has 0 aliphatic carbocycles. The van der Waals surface area contributed by atoms with E-state index in [1.54, 1.807) is 19.1 Å². The van der Waals surface area contributed by atoms with Gasteiger partial charge in [-0.2, -0.15) is 0 Å². The number of ether oxygens (including phenoxy) is 1. The number of esters is 1. The van der Waals surface area contributed by atoms with Crippen molar-refractivity contribution in [3.63, 3.8) is 0 Å². The molecule has 0 aliphatic heterocycles. The number of carbonyl (C=O) groups excluding carboxylic acids is 1. The van der Waals surface area contributed by atoms with Gasteiger partial charge in [-0.1, -0.05) is 12.1 Å². The van der Waals surface area contributed by atoms with E-state index in [1.807, 2.05) is 0 Å². The van der Waals surface area contributed by atoms with Crippen LogP contribution in [0.4, 0.5) is 0 Å². The first-order valence-corrected chi connectivity index (χ1v) is 5.28. The second-order valence-corrected chi connectivity index (χ2v) is 3.60. The zero-order valence-electron chi connectivity index (χ0n) is 9.30. The van der Waals surface area contributed by atoms with Crippen molar-refractivity contribution in [3.8, 4) is 5.75 Å². The van der Waals surface area contributed by atoms with Gasteiger partial charge in [0.15, 0.2) is 6.10 Å². The first-order chi connectivity index (χ1) is 8.15. The molecule has 3 N–H and O–H groups in total. The molecule has 90 valence electrons. The highest BCUT2D eigenvalue weighted by Crippen LogP contribution is 2.29. The molecule has 0 radical (unpaired) electrons. The number of benzene rings is 1. The highest BCUT2D eigenvalue weighted by molar-refractivity contribution is 5.92. The van der Waals surface area contributed by atoms with Crippen LogP contribution in [-0.2, 0) is 9.53 Å². The predicted octanol–water partition coefficient (Wildman–Crippen LogP) is 1.47. The van der Waals surface area contributed by atoms with Crippen molar-refractivity contribution < 1.29 is 19.7 Å². The lowest BCUT2D eigenvalue weighted by molar-refractivity contribution is -0.153. The minimum absolute atomic E-state index is 0.0739. The molecule has 2 rings (SSSR count). The second kappa shape index (κ2) is 4.47. The first kappa shape index (κ1) is 11.5. The number of phenolic OH excluding ortho intramolecular Hbond substituents is 1. The van der Waals surface area contributed by atoms with Gasteiger partial charge in [-0.05, 0) is 13.0 Å². The summed E-state index contributed by atoms with van der Waals surface area (Å²) in [6.07, 6.45) is 0.150. The normalized spacial score (nSPS) is 12.6. The number of hydrogen-bond donors (Lipinski definition) is 3. The molecule has 0 bridgehead atoms. The summed E-state index contributed by atoms with van der Waals surface area (Å²) >= 11 is 0. The molecule has 1 atom stereocenters. The lowest BCUT2D eigenvalue weighted by atomic mass is 10.1. The van der Waals surface area contributed by atoms with Crippen LogP contribution in [0.3, 0.4) is 0 Å². The molecule has 1 unspecified atom stereocenters. The number of aromatic hydroxyl groups is 1. The van der Waals surface area contributed by atoms with Crippen LogP contribution in [0, 0.1) is 0 Å². The summed E-state index contributed by atoms with van der Waals surface area (Å²) in [6, 6.07) is 4.88. The van der Waals surface area contributed by atoms with Crippen LogP contribution in [0.15, 0.2) is 24.4 Å². The number of carbonyl (C=O) groups is 1. The van der Waals surface area contributed by atoms with E-state index in [2.05, 4.69) is 4.98 Å². The third-order valence-corrected chi connectivity index (χ3v) is 2.53. The van der Waals surface area contributed by atoms with E-state index in [0.29, 0.717) is 16.5 Å². The second-order valence-electron chi connectivity index (χ2n) is 3.60. The molecule has 0 saturated heterocycles. The lowest BCUT2D eigenvalue weighted by Gasteiger charge is -2.08. The molecule has 0 fully saturated rings. The van der Waals surface area contributed by atoms with Crippen LogP contribution >= 0.6 is 0 Å². The molecule has 0 amide bonds. The molecule has 0 aliphatic rings. The van der Waals surface area contributed by atoms with E-state index in [9.17, 15) is 15.0 Å². The zero-order chi connectivity index (χ0) is 12.4. The Hall–Kier alpha value is -2.01. The predicted molar refractivity (Wildman–Crippen MR) is 61.6 cm³/mol. The zero-order valence-corrected chi connectivity index (χ0v) is 9.30. The Morgan fingerprint density at radius 1 is 1.53 bits per heavy atom. The van der Waals surface area contributed by atoms with Gasteiger partial charge in [0, 0.05) is 17.1 Å². The van der Waals surface area contributed by atoms with Gasteiger partial charge in [0.25, 0.3) is 0 Å². The fourth-order valence-electron chi connectivity index (χ4n) is 1.73. The molecule has 0 spiro atoms. The smallest absolute Gasteiger partial charge is 0.339 e. The van der Waals surface area contributed by atoms with Gasteiger partial charge in [-0.3, -0.25) is 0 Å². The molecule has 17 heavy (non-hydrogen) atoms. The number of aromatic amines is 1. The van der Waals surface area contributed by atoms with Crippen molar-refractivity contribution >= 4 is 16.9 Å². The summed E-state index contributed by atoms with van der Waals surface area (Å²) in [5, 5.41) is 20.0. The fraction of sp³-hybridized carbons (Fsp3) is 0.250. The number of H-pyrrole nitrogens is 1. The Morgan fingerprint density at radius 3 is 3.00 bits per heavy atom. The molecule has 1 aromatic carbocycles. The number of fused-ring (bicyclic) bond motifs is 1. The van der Waals surface area contributed by atoms with Crippen LogP contribution in [0.2, 0.25) is 0 Å². The van der Waals surface area contributed by atoms with Gasteiger partial charge in [0.2, 0.25) is 0 Å². The first-order valence-electron chi connectivity index (χ1n) is 5.28. The number of aliphatic hydroxyl groups excluding tert-OH is 1. The number of phenols is 1. The van der Waals surface area contributed by atoms with Crippen molar-refractivity contribution in [2.75, 3.05) is 6.61 Å². The molecule has 1 heterocycles. The van der Waals surface area contributed by atoms with E-state index in [4.69, 9.17) is 4.74 Å². The average Bonchev–Trinajstić information content (AvgIpc) is 2.73. The van der Waals surface area contributed by atoms with Gasteiger partial charge in [-0.15, -0.1) is 0 Å². The Balaban J connectivity index is 2.42. The minimum atomic E-state index is -1.34. The summed E-state index contributed by atoms with van der Waals surface area (Å²) < 4.78 is 4.74. The van der Waals surface area contributed by atoms with Gasteiger partial charge < -0.3 is 19.9 Å². The molecule has 5 nitrogen and oxygen atoms in total. The summed E-state index contributed by atoms with van der Waals surface area (Å²) in [5.74, 6) is -0.624. The van der Waals surface area contributed by atoms with Crippen molar-refractivity contribution in [2.24, 2.45) is 0 Å². The van der Waals surface area contributed by atoms with E-state index < -0.39 is 12.1 Å². The van der Waals surface area contributed by atoms with Gasteiger partial charge in [0.1, 0.15) is 5.75 Å². The number of para-hydroxylation sites is 1. The van der Waals surface area contributed by atoms with Crippen LogP contribution in [0.5, 0.6) is 5.75 Å².